The van der Waals surface area contributed by atoms with Gasteiger partial charge in [0.05, 0.1) is 6.33 Å². The molecule has 6 N–H and O–H groups in total. The number of hydrogen-bond donors (Lipinski definition) is 5. The summed E-state index contributed by atoms with van der Waals surface area (Å²) >= 11 is 0. The fourth-order valence-corrected chi connectivity index (χ4v) is 0.863. The number of fused-ring (bicyclic) bond motifs is 1. The van der Waals surface area contributed by atoms with E-state index in [4.69, 9.17) is 23.3 Å². The minimum absolute atomic E-state index is 0.0896. The Labute approximate surface area is 88.1 Å². The molecule has 2 aromatic rings. The number of H-pyrrole nitrogens is 2. The topological polar surface area (TPSA) is 175 Å². The van der Waals surface area contributed by atoms with Crippen LogP contribution in [-0.4, -0.2) is 37.5 Å². The number of aromatic nitrogens is 4. The van der Waals surface area contributed by atoms with Crippen LogP contribution in [0.1, 0.15) is 0 Å². The number of nitrogen functional groups attached to an aromatic ring is 1. The van der Waals surface area contributed by atoms with E-state index < -0.39 is 10.4 Å². The number of hydrogen-bond acceptors (Lipinski definition) is 6. The molecule has 0 atom stereocenters. The van der Waals surface area contributed by atoms with Gasteiger partial charge in [-0.3, -0.25) is 18.9 Å². The molecule has 0 unspecified atom stereocenters. The Bertz CT molecular complexity index is 635. The predicted octanol–water partition coefficient (Wildman–Crippen LogP) is -1.42. The van der Waals surface area contributed by atoms with Gasteiger partial charge in [0.1, 0.15) is 0 Å². The number of nitrogens with zero attached hydrogens (tertiary/aromatic N) is 2. The van der Waals surface area contributed by atoms with Crippen molar-refractivity contribution < 1.29 is 17.5 Å². The van der Waals surface area contributed by atoms with Crippen molar-refractivity contribution in [3.63, 3.8) is 0 Å². The molecule has 0 saturated heterocycles. The lowest BCUT2D eigenvalue weighted by molar-refractivity contribution is 0.381. The third kappa shape index (κ3) is 3.64. The molecule has 0 amide bonds. The maximum absolute atomic E-state index is 11.0. The van der Waals surface area contributed by atoms with E-state index in [1.807, 2.05) is 0 Å². The van der Waals surface area contributed by atoms with E-state index in [0.29, 0.717) is 5.65 Å². The van der Waals surface area contributed by atoms with Gasteiger partial charge >= 0.3 is 10.4 Å². The quantitative estimate of drug-likeness (QED) is 0.353. The summed E-state index contributed by atoms with van der Waals surface area (Å²) in [6.45, 7) is 0. The summed E-state index contributed by atoms with van der Waals surface area (Å²) in [4.78, 5) is 23.6. The van der Waals surface area contributed by atoms with E-state index in [1.165, 1.54) is 6.33 Å². The molecule has 0 fully saturated rings. The van der Waals surface area contributed by atoms with Gasteiger partial charge in [-0.05, 0) is 0 Å². The molecule has 2 heterocycles. The van der Waals surface area contributed by atoms with E-state index >= 15 is 0 Å². The van der Waals surface area contributed by atoms with E-state index in [2.05, 4.69) is 19.9 Å². The van der Waals surface area contributed by atoms with Crippen LogP contribution in [0.15, 0.2) is 11.1 Å². The van der Waals surface area contributed by atoms with Gasteiger partial charge in [-0.15, -0.1) is 0 Å². The highest BCUT2D eigenvalue weighted by atomic mass is 32.3. The van der Waals surface area contributed by atoms with Gasteiger partial charge in [0, 0.05) is 0 Å². The van der Waals surface area contributed by atoms with Crippen LogP contribution in [0.3, 0.4) is 0 Å². The monoisotopic (exact) mass is 249 g/mol. The van der Waals surface area contributed by atoms with Crippen molar-refractivity contribution >= 4 is 27.5 Å². The average molecular weight is 249 g/mol. The maximum atomic E-state index is 11.0. The Hall–Kier alpha value is -1.98. The van der Waals surface area contributed by atoms with E-state index in [0.717, 1.165) is 0 Å². The molecule has 16 heavy (non-hydrogen) atoms. The largest absolute Gasteiger partial charge is 0.394 e. The standard InChI is InChI=1S/C5H5N5O.H2O4S/c6-5-9-3-2(4(11)10-5)7-1-8-3;1-5(2,3)4/h1H,(H4,6,7,8,9,10,11);(H2,1,2,3,4). The smallest absolute Gasteiger partial charge is 0.369 e. The zero-order chi connectivity index (χ0) is 12.3. The van der Waals surface area contributed by atoms with Crippen LogP contribution < -0.4 is 11.3 Å². The van der Waals surface area contributed by atoms with Crippen LogP contribution in [0.2, 0.25) is 0 Å². The van der Waals surface area contributed by atoms with Crippen LogP contribution in [-0.2, 0) is 10.4 Å². The van der Waals surface area contributed by atoms with Crippen molar-refractivity contribution in [3.05, 3.63) is 16.7 Å². The van der Waals surface area contributed by atoms with Crippen molar-refractivity contribution in [1.82, 2.24) is 19.9 Å². The fraction of sp³-hybridized carbons (Fsp3) is 0. The first-order valence-electron chi connectivity index (χ1n) is 3.66. The fourth-order valence-electron chi connectivity index (χ4n) is 0.863. The van der Waals surface area contributed by atoms with Gasteiger partial charge in [-0.25, -0.2) is 4.98 Å². The molecule has 2 rings (SSSR count). The van der Waals surface area contributed by atoms with Gasteiger partial charge in [-0.1, -0.05) is 0 Å². The lowest BCUT2D eigenvalue weighted by Gasteiger charge is -1.89. The molecule has 0 aliphatic rings. The minimum Gasteiger partial charge on any atom is -0.369 e. The summed E-state index contributed by atoms with van der Waals surface area (Å²) in [6.07, 6.45) is 1.40. The van der Waals surface area contributed by atoms with Crippen molar-refractivity contribution in [1.29, 1.82) is 0 Å². The number of imidazole rings is 1. The van der Waals surface area contributed by atoms with Crippen LogP contribution in [0.25, 0.3) is 11.2 Å². The SMILES string of the molecule is Nc1nc2[nH]cnc2c(=O)[nH]1.O=S(=O)(O)O. The lowest BCUT2D eigenvalue weighted by Crippen LogP contribution is -2.10. The van der Waals surface area contributed by atoms with Gasteiger partial charge in [-0.2, -0.15) is 13.4 Å². The van der Waals surface area contributed by atoms with Crippen molar-refractivity contribution in [2.75, 3.05) is 5.73 Å². The normalized spacial score (nSPS) is 10.9. The molecular weight excluding hydrogens is 242 g/mol. The first-order chi connectivity index (χ1) is 7.27. The molecule has 2 aromatic heterocycles. The highest BCUT2D eigenvalue weighted by Gasteiger charge is 2.01. The summed E-state index contributed by atoms with van der Waals surface area (Å²) in [5.74, 6) is 0.0896. The Morgan fingerprint density at radius 1 is 1.38 bits per heavy atom. The first-order valence-corrected chi connectivity index (χ1v) is 5.06. The van der Waals surface area contributed by atoms with Crippen LogP contribution in [0.5, 0.6) is 0 Å². The van der Waals surface area contributed by atoms with E-state index in [9.17, 15) is 4.79 Å². The zero-order valence-corrected chi connectivity index (χ0v) is 8.39. The van der Waals surface area contributed by atoms with E-state index in [-0.39, 0.29) is 17.0 Å². The minimum atomic E-state index is -4.67. The lowest BCUT2D eigenvalue weighted by atomic mass is 10.5. The van der Waals surface area contributed by atoms with Crippen molar-refractivity contribution in [2.24, 2.45) is 0 Å². The number of rotatable bonds is 0. The van der Waals surface area contributed by atoms with Gasteiger partial charge in [0.25, 0.3) is 5.56 Å². The Morgan fingerprint density at radius 2 is 1.94 bits per heavy atom. The number of aromatic amines is 2. The molecule has 0 aromatic carbocycles. The Morgan fingerprint density at radius 3 is 2.50 bits per heavy atom. The predicted molar refractivity (Wildman–Crippen MR) is 53.1 cm³/mol. The molecule has 88 valence electrons. The highest BCUT2D eigenvalue weighted by Crippen LogP contribution is 1.98. The molecular formula is C5H7N5O5S. The summed E-state index contributed by atoms with van der Waals surface area (Å²) in [5, 5.41) is 0. The summed E-state index contributed by atoms with van der Waals surface area (Å²) in [7, 11) is -4.67. The number of nitrogens with one attached hydrogen (secondary N) is 2. The molecule has 0 aliphatic heterocycles. The Kier molecular flexibility index (Phi) is 3.22. The molecule has 0 spiro atoms. The third-order valence-corrected chi connectivity index (χ3v) is 1.31. The highest BCUT2D eigenvalue weighted by molar-refractivity contribution is 7.79. The average Bonchev–Trinajstić information content (AvgIpc) is 2.47. The first kappa shape index (κ1) is 12.1. The molecule has 0 bridgehead atoms. The zero-order valence-electron chi connectivity index (χ0n) is 7.58. The van der Waals surface area contributed by atoms with Gasteiger partial charge in [0.15, 0.2) is 11.2 Å². The van der Waals surface area contributed by atoms with Crippen LogP contribution in [0, 0.1) is 0 Å². The summed E-state index contributed by atoms with van der Waals surface area (Å²) in [6, 6.07) is 0. The van der Waals surface area contributed by atoms with Crippen LogP contribution in [0.4, 0.5) is 5.95 Å². The van der Waals surface area contributed by atoms with Gasteiger partial charge < -0.3 is 10.7 Å². The summed E-state index contributed by atoms with van der Waals surface area (Å²) in [5.41, 5.74) is 5.63. The second-order valence-electron chi connectivity index (χ2n) is 2.50. The van der Waals surface area contributed by atoms with Crippen molar-refractivity contribution in [2.45, 2.75) is 0 Å². The number of anilines is 1. The van der Waals surface area contributed by atoms with Gasteiger partial charge in [0.2, 0.25) is 5.95 Å². The second-order valence-corrected chi connectivity index (χ2v) is 3.39. The molecule has 0 saturated carbocycles. The summed E-state index contributed by atoms with van der Waals surface area (Å²) < 4.78 is 31.6. The molecule has 10 nitrogen and oxygen atoms in total. The van der Waals surface area contributed by atoms with Crippen LogP contribution >= 0.6 is 0 Å². The molecule has 11 heteroatoms. The van der Waals surface area contributed by atoms with E-state index in [1.54, 1.807) is 0 Å². The maximum Gasteiger partial charge on any atom is 0.394 e. The third-order valence-electron chi connectivity index (χ3n) is 1.31. The number of nitrogens with two attached hydrogens (primary N) is 1. The molecule has 0 radical (unpaired) electrons. The second kappa shape index (κ2) is 4.26. The van der Waals surface area contributed by atoms with Crippen molar-refractivity contribution in [3.8, 4) is 0 Å². The Balaban J connectivity index is 0.000000221. The molecule has 0 aliphatic carbocycles.